The van der Waals surface area contributed by atoms with Crippen molar-refractivity contribution in [2.75, 3.05) is 5.32 Å². The minimum absolute atomic E-state index is 0.380. The molecule has 0 heterocycles. The molecule has 0 spiro atoms. The molecule has 7 heteroatoms. The van der Waals surface area contributed by atoms with Crippen LogP contribution in [0.3, 0.4) is 0 Å². The minimum atomic E-state index is -0.803. The number of benzene rings is 1. The molecule has 80 valence electrons. The summed E-state index contributed by atoms with van der Waals surface area (Å²) in [5.74, 6) is -0.394. The van der Waals surface area contributed by atoms with Crippen LogP contribution in [0.5, 0.6) is 0 Å². The topological polar surface area (TPSA) is 117 Å². The van der Waals surface area contributed by atoms with Gasteiger partial charge in [0.1, 0.15) is 0 Å². The number of guanidine groups is 1. The zero-order valence-electron chi connectivity index (χ0n) is 7.86. The highest BCUT2D eigenvalue weighted by Gasteiger charge is 2.02. The predicted molar refractivity (Wildman–Crippen MR) is 55.8 cm³/mol. The van der Waals surface area contributed by atoms with E-state index in [0.29, 0.717) is 12.2 Å². The van der Waals surface area contributed by atoms with Crippen LogP contribution in [0.15, 0.2) is 24.3 Å². The van der Waals surface area contributed by atoms with E-state index in [-0.39, 0.29) is 0 Å². The molecular formula is C8H11N5O2. The fraction of sp³-hybridized carbons (Fsp3) is 0.125. The molecule has 1 rings (SSSR count). The lowest BCUT2D eigenvalue weighted by Gasteiger charge is -2.05. The molecule has 0 radical (unpaired) electrons. The minimum Gasteiger partial charge on any atom is -0.326 e. The maximum absolute atomic E-state index is 10.0. The molecule has 7 nitrogen and oxygen atoms in total. The van der Waals surface area contributed by atoms with Gasteiger partial charge in [-0.05, 0) is 17.7 Å². The molecule has 0 bridgehead atoms. The maximum atomic E-state index is 10.0. The largest absolute Gasteiger partial charge is 0.326 e. The van der Waals surface area contributed by atoms with Crippen LogP contribution in [0.25, 0.3) is 0 Å². The van der Waals surface area contributed by atoms with Gasteiger partial charge in [0.2, 0.25) is 0 Å². The van der Waals surface area contributed by atoms with Gasteiger partial charge in [-0.1, -0.05) is 17.6 Å². The van der Waals surface area contributed by atoms with E-state index in [4.69, 9.17) is 11.1 Å². The van der Waals surface area contributed by atoms with Crippen LogP contribution in [-0.2, 0) is 6.54 Å². The van der Waals surface area contributed by atoms with E-state index < -0.39 is 11.0 Å². The second kappa shape index (κ2) is 4.91. The SMILES string of the molecule is N=C(Nc1cccc(CN)c1)N[N+](=O)[O-]. The lowest BCUT2D eigenvalue weighted by Crippen LogP contribution is -2.34. The number of anilines is 1. The zero-order valence-corrected chi connectivity index (χ0v) is 7.86. The van der Waals surface area contributed by atoms with Gasteiger partial charge in [-0.2, -0.15) is 0 Å². The lowest BCUT2D eigenvalue weighted by atomic mass is 10.2. The molecule has 0 amide bonds. The molecule has 0 aromatic heterocycles. The number of rotatable bonds is 3. The second-order valence-electron chi connectivity index (χ2n) is 2.77. The van der Waals surface area contributed by atoms with Gasteiger partial charge >= 0.3 is 0 Å². The van der Waals surface area contributed by atoms with Gasteiger partial charge in [-0.15, -0.1) is 0 Å². The van der Waals surface area contributed by atoms with Crippen molar-refractivity contribution in [1.82, 2.24) is 5.43 Å². The molecule has 15 heavy (non-hydrogen) atoms. The molecule has 0 aliphatic heterocycles. The number of hydrazine groups is 1. The number of nitrogens with one attached hydrogen (secondary N) is 3. The van der Waals surface area contributed by atoms with Gasteiger partial charge in [0.15, 0.2) is 5.03 Å². The number of nitro groups is 1. The predicted octanol–water partition coefficient (Wildman–Crippen LogP) is 0.273. The van der Waals surface area contributed by atoms with E-state index in [9.17, 15) is 10.1 Å². The Hall–Kier alpha value is -2.15. The number of hydrogen-bond acceptors (Lipinski definition) is 4. The Bertz CT molecular complexity index is 379. The van der Waals surface area contributed by atoms with Gasteiger partial charge in [0.25, 0.3) is 5.96 Å². The molecule has 0 saturated heterocycles. The van der Waals surface area contributed by atoms with Crippen molar-refractivity contribution < 1.29 is 5.03 Å². The Morgan fingerprint density at radius 1 is 1.60 bits per heavy atom. The molecule has 0 unspecified atom stereocenters. The molecule has 0 aliphatic rings. The van der Waals surface area contributed by atoms with E-state index in [0.717, 1.165) is 5.56 Å². The Labute approximate surface area is 85.9 Å². The first kappa shape index (κ1) is 10.9. The van der Waals surface area contributed by atoms with Crippen LogP contribution >= 0.6 is 0 Å². The summed E-state index contributed by atoms with van der Waals surface area (Å²) in [6.45, 7) is 0.380. The summed E-state index contributed by atoms with van der Waals surface area (Å²) in [5.41, 5.74) is 8.58. The maximum Gasteiger partial charge on any atom is 0.255 e. The quantitative estimate of drug-likeness (QED) is 0.247. The third-order valence-corrected chi connectivity index (χ3v) is 1.64. The summed E-state index contributed by atoms with van der Waals surface area (Å²) >= 11 is 0. The average Bonchev–Trinajstić information content (AvgIpc) is 2.16. The first-order valence-electron chi connectivity index (χ1n) is 4.17. The third kappa shape index (κ3) is 3.61. The van der Waals surface area contributed by atoms with Crippen molar-refractivity contribution in [3.05, 3.63) is 39.9 Å². The molecule has 0 aliphatic carbocycles. The van der Waals surface area contributed by atoms with Crippen LogP contribution in [0.2, 0.25) is 0 Å². The average molecular weight is 209 g/mol. The summed E-state index contributed by atoms with van der Waals surface area (Å²) in [4.78, 5) is 10.0. The van der Waals surface area contributed by atoms with E-state index in [1.165, 1.54) is 0 Å². The Morgan fingerprint density at radius 3 is 2.93 bits per heavy atom. The molecule has 0 saturated carbocycles. The van der Waals surface area contributed by atoms with Gasteiger partial charge in [-0.25, -0.2) is 10.1 Å². The van der Waals surface area contributed by atoms with Crippen LogP contribution < -0.4 is 16.5 Å². The van der Waals surface area contributed by atoms with Crippen molar-refractivity contribution in [2.24, 2.45) is 5.73 Å². The van der Waals surface area contributed by atoms with E-state index in [1.807, 2.05) is 6.07 Å². The van der Waals surface area contributed by atoms with Crippen molar-refractivity contribution in [2.45, 2.75) is 6.54 Å². The van der Waals surface area contributed by atoms with Gasteiger partial charge < -0.3 is 11.1 Å². The van der Waals surface area contributed by atoms with Crippen molar-refractivity contribution in [3.63, 3.8) is 0 Å². The third-order valence-electron chi connectivity index (χ3n) is 1.64. The number of nitrogens with zero attached hydrogens (tertiary/aromatic N) is 1. The molecule has 1 aromatic rings. The summed E-state index contributed by atoms with van der Waals surface area (Å²) in [6.07, 6.45) is 0. The summed E-state index contributed by atoms with van der Waals surface area (Å²) < 4.78 is 0. The zero-order chi connectivity index (χ0) is 11.3. The Balaban J connectivity index is 2.63. The first-order chi connectivity index (χ1) is 7.11. The highest BCUT2D eigenvalue weighted by Crippen LogP contribution is 2.09. The van der Waals surface area contributed by atoms with Crippen LogP contribution in [0.1, 0.15) is 5.56 Å². The van der Waals surface area contributed by atoms with Crippen molar-refractivity contribution in [3.8, 4) is 0 Å². The molecule has 5 N–H and O–H groups in total. The summed E-state index contributed by atoms with van der Waals surface area (Å²) in [6, 6.07) is 6.99. The highest BCUT2D eigenvalue weighted by molar-refractivity contribution is 5.90. The lowest BCUT2D eigenvalue weighted by molar-refractivity contribution is -0.525. The monoisotopic (exact) mass is 209 g/mol. The van der Waals surface area contributed by atoms with Gasteiger partial charge in [0, 0.05) is 12.2 Å². The van der Waals surface area contributed by atoms with Crippen LogP contribution in [-0.4, -0.2) is 11.0 Å². The standard InChI is InChI=1S/C8H11N5O2/c9-5-6-2-1-3-7(4-6)11-8(10)12-13(14)15/h1-4H,5,9H2,(H3,10,11,12). The van der Waals surface area contributed by atoms with E-state index in [1.54, 1.807) is 23.6 Å². The van der Waals surface area contributed by atoms with Gasteiger partial charge in [0.05, 0.1) is 0 Å². The number of nitrogens with two attached hydrogens (primary N) is 1. The molecule has 0 fully saturated rings. The van der Waals surface area contributed by atoms with Crippen molar-refractivity contribution >= 4 is 11.6 Å². The highest BCUT2D eigenvalue weighted by atomic mass is 16.7. The fourth-order valence-corrected chi connectivity index (χ4v) is 1.04. The fourth-order valence-electron chi connectivity index (χ4n) is 1.04. The first-order valence-corrected chi connectivity index (χ1v) is 4.17. The molecule has 1 aromatic carbocycles. The van der Waals surface area contributed by atoms with E-state index >= 15 is 0 Å². The smallest absolute Gasteiger partial charge is 0.255 e. The van der Waals surface area contributed by atoms with Crippen molar-refractivity contribution in [1.29, 1.82) is 5.41 Å². The second-order valence-corrected chi connectivity index (χ2v) is 2.77. The summed E-state index contributed by atoms with van der Waals surface area (Å²) in [7, 11) is 0. The Morgan fingerprint density at radius 2 is 2.33 bits per heavy atom. The molecular weight excluding hydrogens is 198 g/mol. The molecule has 0 atom stereocenters. The van der Waals surface area contributed by atoms with E-state index in [2.05, 4.69) is 5.32 Å². The Kier molecular flexibility index (Phi) is 3.58. The number of hydrogen-bond donors (Lipinski definition) is 4. The van der Waals surface area contributed by atoms with Crippen LogP contribution in [0.4, 0.5) is 5.69 Å². The summed E-state index contributed by atoms with van der Waals surface area (Å²) in [5, 5.41) is 18.9. The van der Waals surface area contributed by atoms with Crippen LogP contribution in [0, 0.1) is 15.5 Å². The van der Waals surface area contributed by atoms with Gasteiger partial charge in [-0.3, -0.25) is 5.41 Å². The normalized spacial score (nSPS) is 9.40.